The second-order valence-electron chi connectivity index (χ2n) is 6.26. The van der Waals surface area contributed by atoms with Gasteiger partial charge in [0.1, 0.15) is 0 Å². The average molecular weight is 298 g/mol. The van der Waals surface area contributed by atoms with E-state index in [1.54, 1.807) is 4.90 Å². The first-order valence-electron chi connectivity index (χ1n) is 7.87. The fourth-order valence-electron chi connectivity index (χ4n) is 3.45. The van der Waals surface area contributed by atoms with E-state index < -0.39 is 11.4 Å². The van der Waals surface area contributed by atoms with E-state index in [9.17, 15) is 14.7 Å². The van der Waals surface area contributed by atoms with E-state index in [2.05, 4.69) is 0 Å². The molecular weight excluding hydrogens is 272 g/mol. The third-order valence-corrected chi connectivity index (χ3v) is 4.64. The maximum atomic E-state index is 12.7. The molecule has 2 aliphatic rings. The molecule has 120 valence electrons. The summed E-state index contributed by atoms with van der Waals surface area (Å²) < 4.78 is 5.36. The van der Waals surface area contributed by atoms with Crippen molar-refractivity contribution >= 4 is 12.0 Å². The van der Waals surface area contributed by atoms with Crippen LogP contribution in [-0.4, -0.2) is 65.8 Å². The number of likely N-dealkylation sites (tertiary alicyclic amines) is 1. The third-order valence-electron chi connectivity index (χ3n) is 4.64. The highest BCUT2D eigenvalue weighted by atomic mass is 16.5. The number of hydrogen-bond acceptors (Lipinski definition) is 3. The second-order valence-corrected chi connectivity index (χ2v) is 6.26. The molecule has 0 aromatic heterocycles. The molecule has 0 bridgehead atoms. The van der Waals surface area contributed by atoms with Gasteiger partial charge in [-0.3, -0.25) is 4.79 Å². The van der Waals surface area contributed by atoms with Gasteiger partial charge in [0.05, 0.1) is 24.7 Å². The van der Waals surface area contributed by atoms with Gasteiger partial charge in [0.25, 0.3) is 0 Å². The molecule has 1 N–H and O–H groups in total. The van der Waals surface area contributed by atoms with Crippen molar-refractivity contribution in [1.29, 1.82) is 0 Å². The minimum atomic E-state index is -0.767. The number of urea groups is 1. The first-order valence-corrected chi connectivity index (χ1v) is 7.87. The third kappa shape index (κ3) is 3.31. The predicted octanol–water partition coefficient (Wildman–Crippen LogP) is 1.79. The summed E-state index contributed by atoms with van der Waals surface area (Å²) in [6, 6.07) is 0.0193. The predicted molar refractivity (Wildman–Crippen MR) is 78.2 cm³/mol. The zero-order valence-corrected chi connectivity index (χ0v) is 13.0. The molecule has 2 saturated heterocycles. The number of amides is 2. The summed E-state index contributed by atoms with van der Waals surface area (Å²) in [5.74, 6) is -0.767. The van der Waals surface area contributed by atoms with Gasteiger partial charge in [-0.25, -0.2) is 4.79 Å². The van der Waals surface area contributed by atoms with Crippen LogP contribution in [0.5, 0.6) is 0 Å². The molecule has 0 aliphatic carbocycles. The molecule has 0 radical (unpaired) electrons. The maximum Gasteiger partial charge on any atom is 0.320 e. The van der Waals surface area contributed by atoms with Gasteiger partial charge in [0.2, 0.25) is 0 Å². The molecule has 0 aromatic rings. The number of nitrogens with zero attached hydrogens (tertiary/aromatic N) is 2. The van der Waals surface area contributed by atoms with Crippen LogP contribution in [-0.2, 0) is 9.53 Å². The Morgan fingerprint density at radius 2 is 2.14 bits per heavy atom. The van der Waals surface area contributed by atoms with Gasteiger partial charge in [-0.05, 0) is 26.2 Å². The molecule has 2 rings (SSSR count). The van der Waals surface area contributed by atoms with Crippen molar-refractivity contribution in [1.82, 2.24) is 9.80 Å². The first kappa shape index (κ1) is 16.1. The Hall–Kier alpha value is -1.30. The number of morpholine rings is 1. The maximum absolute atomic E-state index is 12.7. The van der Waals surface area contributed by atoms with E-state index in [0.29, 0.717) is 45.7 Å². The summed E-state index contributed by atoms with van der Waals surface area (Å²) >= 11 is 0. The summed E-state index contributed by atoms with van der Waals surface area (Å²) in [5, 5.41) is 9.61. The Morgan fingerprint density at radius 3 is 2.76 bits per heavy atom. The Bertz CT molecular complexity index is 397. The standard InChI is InChI=1S/C15H26N2O4/c1-3-5-15(13(18)19)6-4-7-16(11-15)14(20)17-8-9-21-10-12(17)2/h12H,3-11H2,1-2H3,(H,18,19). The number of ether oxygens (including phenoxy) is 1. The van der Waals surface area contributed by atoms with Gasteiger partial charge < -0.3 is 19.6 Å². The number of piperidine rings is 1. The van der Waals surface area contributed by atoms with Crippen molar-refractivity contribution in [3.05, 3.63) is 0 Å². The topological polar surface area (TPSA) is 70.1 Å². The summed E-state index contributed by atoms with van der Waals surface area (Å²) in [4.78, 5) is 27.9. The van der Waals surface area contributed by atoms with Crippen molar-refractivity contribution in [3.8, 4) is 0 Å². The van der Waals surface area contributed by atoms with Gasteiger partial charge >= 0.3 is 12.0 Å². The molecule has 0 aromatic carbocycles. The van der Waals surface area contributed by atoms with Crippen LogP contribution in [0.1, 0.15) is 39.5 Å². The molecule has 2 aliphatic heterocycles. The molecule has 2 atom stereocenters. The molecule has 21 heavy (non-hydrogen) atoms. The molecule has 6 heteroatoms. The van der Waals surface area contributed by atoms with E-state index in [-0.39, 0.29) is 12.1 Å². The van der Waals surface area contributed by atoms with Crippen LogP contribution in [0.15, 0.2) is 0 Å². The van der Waals surface area contributed by atoms with Gasteiger partial charge in [-0.1, -0.05) is 13.3 Å². The number of carboxylic acids is 1. The van der Waals surface area contributed by atoms with Crippen LogP contribution in [0.4, 0.5) is 4.79 Å². The van der Waals surface area contributed by atoms with Gasteiger partial charge in [-0.2, -0.15) is 0 Å². The SMILES string of the molecule is CCCC1(C(=O)O)CCCN(C(=O)N2CCOCC2C)C1. The van der Waals surface area contributed by atoms with E-state index in [1.807, 2.05) is 18.7 Å². The molecule has 2 amide bonds. The van der Waals surface area contributed by atoms with Crippen LogP contribution in [0.25, 0.3) is 0 Å². The number of carbonyl (C=O) groups is 2. The minimum absolute atomic E-state index is 0.0350. The zero-order chi connectivity index (χ0) is 15.5. The number of carbonyl (C=O) groups excluding carboxylic acids is 1. The molecule has 0 saturated carbocycles. The molecule has 2 unspecified atom stereocenters. The summed E-state index contributed by atoms with van der Waals surface area (Å²) in [7, 11) is 0. The minimum Gasteiger partial charge on any atom is -0.481 e. The molecule has 2 fully saturated rings. The average Bonchev–Trinajstić information content (AvgIpc) is 2.47. The van der Waals surface area contributed by atoms with Crippen molar-refractivity contribution in [2.75, 3.05) is 32.8 Å². The quantitative estimate of drug-likeness (QED) is 0.862. The summed E-state index contributed by atoms with van der Waals surface area (Å²) in [6.07, 6.45) is 2.88. The molecule has 0 spiro atoms. The molecule has 2 heterocycles. The smallest absolute Gasteiger partial charge is 0.320 e. The van der Waals surface area contributed by atoms with Crippen molar-refractivity contribution in [3.63, 3.8) is 0 Å². The van der Waals surface area contributed by atoms with Gasteiger partial charge in [-0.15, -0.1) is 0 Å². The fraction of sp³-hybridized carbons (Fsp3) is 0.867. The largest absolute Gasteiger partial charge is 0.481 e. The normalized spacial score (nSPS) is 30.3. The fourth-order valence-corrected chi connectivity index (χ4v) is 3.45. The highest BCUT2D eigenvalue weighted by molar-refractivity contribution is 5.79. The summed E-state index contributed by atoms with van der Waals surface area (Å²) in [6.45, 7) is 6.65. The Kier molecular flexibility index (Phi) is 5.08. The van der Waals surface area contributed by atoms with E-state index in [1.165, 1.54) is 0 Å². The van der Waals surface area contributed by atoms with Gasteiger partial charge in [0, 0.05) is 19.6 Å². The Morgan fingerprint density at radius 1 is 1.38 bits per heavy atom. The van der Waals surface area contributed by atoms with E-state index in [4.69, 9.17) is 4.74 Å². The Balaban J connectivity index is 2.09. The lowest BCUT2D eigenvalue weighted by atomic mass is 9.76. The van der Waals surface area contributed by atoms with E-state index in [0.717, 1.165) is 12.8 Å². The van der Waals surface area contributed by atoms with Crippen molar-refractivity contribution in [2.45, 2.75) is 45.6 Å². The van der Waals surface area contributed by atoms with Crippen molar-refractivity contribution in [2.24, 2.45) is 5.41 Å². The van der Waals surface area contributed by atoms with Crippen LogP contribution < -0.4 is 0 Å². The molecule has 6 nitrogen and oxygen atoms in total. The van der Waals surface area contributed by atoms with Gasteiger partial charge in [0.15, 0.2) is 0 Å². The number of aliphatic carboxylic acids is 1. The van der Waals surface area contributed by atoms with Crippen LogP contribution in [0.2, 0.25) is 0 Å². The first-order chi connectivity index (χ1) is 10.00. The number of carboxylic acid groups (broad SMARTS) is 1. The lowest BCUT2D eigenvalue weighted by molar-refractivity contribution is -0.152. The summed E-state index contributed by atoms with van der Waals surface area (Å²) in [5.41, 5.74) is -0.766. The highest BCUT2D eigenvalue weighted by Gasteiger charge is 2.44. The molecular formula is C15H26N2O4. The van der Waals surface area contributed by atoms with Crippen LogP contribution >= 0.6 is 0 Å². The van der Waals surface area contributed by atoms with Crippen molar-refractivity contribution < 1.29 is 19.4 Å². The van der Waals surface area contributed by atoms with Crippen LogP contribution in [0, 0.1) is 5.41 Å². The van der Waals surface area contributed by atoms with E-state index >= 15 is 0 Å². The lowest BCUT2D eigenvalue weighted by Crippen LogP contribution is -2.57. The number of rotatable bonds is 3. The highest BCUT2D eigenvalue weighted by Crippen LogP contribution is 2.35. The number of hydrogen-bond donors (Lipinski definition) is 1. The Labute approximate surface area is 126 Å². The monoisotopic (exact) mass is 298 g/mol. The van der Waals surface area contributed by atoms with Crippen LogP contribution in [0.3, 0.4) is 0 Å². The lowest BCUT2D eigenvalue weighted by Gasteiger charge is -2.43. The second kappa shape index (κ2) is 6.64. The zero-order valence-electron chi connectivity index (χ0n) is 13.0.